The maximum atomic E-state index is 10.9. The van der Waals surface area contributed by atoms with E-state index in [4.69, 9.17) is 19.3 Å². The molecule has 0 aliphatic carbocycles. The number of rotatable bonds is 4. The average molecular weight is 266 g/mol. The molecular weight excluding hydrogens is 248 g/mol. The van der Waals surface area contributed by atoms with Crippen molar-refractivity contribution in [1.82, 2.24) is 0 Å². The summed E-state index contributed by atoms with van der Waals surface area (Å²) in [5, 5.41) is 8.92. The van der Waals surface area contributed by atoms with Crippen molar-refractivity contribution in [3.8, 4) is 17.2 Å². The molecule has 0 saturated carbocycles. The van der Waals surface area contributed by atoms with Crippen LogP contribution in [0.25, 0.3) is 0 Å². The number of ether oxygens (including phenoxy) is 3. The van der Waals surface area contributed by atoms with Crippen LogP contribution in [0.3, 0.4) is 0 Å². The van der Waals surface area contributed by atoms with E-state index in [9.17, 15) is 4.79 Å². The quantitative estimate of drug-likeness (QED) is 0.904. The minimum atomic E-state index is -0.777. The van der Waals surface area contributed by atoms with Crippen molar-refractivity contribution in [3.05, 3.63) is 17.7 Å². The highest BCUT2D eigenvalue weighted by molar-refractivity contribution is 5.67. The van der Waals surface area contributed by atoms with Crippen molar-refractivity contribution in [2.75, 3.05) is 20.8 Å². The zero-order valence-corrected chi connectivity index (χ0v) is 11.1. The predicted octanol–water partition coefficient (Wildman–Crippen LogP) is 2.12. The van der Waals surface area contributed by atoms with Crippen LogP contribution in [-0.4, -0.2) is 31.9 Å². The van der Waals surface area contributed by atoms with E-state index in [2.05, 4.69) is 0 Å². The van der Waals surface area contributed by atoms with Crippen molar-refractivity contribution in [2.45, 2.75) is 19.3 Å². The third kappa shape index (κ3) is 3.10. The van der Waals surface area contributed by atoms with Crippen LogP contribution in [0.1, 0.15) is 18.4 Å². The number of benzene rings is 1. The highest BCUT2D eigenvalue weighted by Crippen LogP contribution is 2.38. The van der Waals surface area contributed by atoms with Gasteiger partial charge in [0, 0.05) is 24.1 Å². The summed E-state index contributed by atoms with van der Waals surface area (Å²) in [5.74, 6) is 1.38. The van der Waals surface area contributed by atoms with E-state index in [1.807, 2.05) is 6.07 Å². The van der Waals surface area contributed by atoms with E-state index in [0.717, 1.165) is 17.7 Å². The van der Waals surface area contributed by atoms with E-state index >= 15 is 0 Å². The number of carbonyl (C=O) groups is 1. The van der Waals surface area contributed by atoms with Crippen molar-refractivity contribution < 1.29 is 24.1 Å². The summed E-state index contributed by atoms with van der Waals surface area (Å²) in [6, 6.07) is 3.62. The standard InChI is InChI=1S/C14H18O5/c1-17-10-7-12(18-2)11-5-9(6-14(15)16)3-4-19-13(11)8-10/h7-9H,3-6H2,1-2H3,(H,15,16). The molecule has 104 valence electrons. The molecule has 5 heteroatoms. The van der Waals surface area contributed by atoms with Gasteiger partial charge in [-0.05, 0) is 18.8 Å². The monoisotopic (exact) mass is 266 g/mol. The van der Waals surface area contributed by atoms with Crippen LogP contribution in [0.2, 0.25) is 0 Å². The van der Waals surface area contributed by atoms with Crippen LogP contribution < -0.4 is 14.2 Å². The number of aliphatic carboxylic acids is 1. The second kappa shape index (κ2) is 5.82. The lowest BCUT2D eigenvalue weighted by molar-refractivity contribution is -0.138. The van der Waals surface area contributed by atoms with E-state index in [1.54, 1.807) is 20.3 Å². The highest BCUT2D eigenvalue weighted by Gasteiger charge is 2.23. The van der Waals surface area contributed by atoms with Gasteiger partial charge >= 0.3 is 5.97 Å². The minimum Gasteiger partial charge on any atom is -0.496 e. The first-order chi connectivity index (χ1) is 9.13. The molecule has 1 N–H and O–H groups in total. The fourth-order valence-corrected chi connectivity index (χ4v) is 2.37. The summed E-state index contributed by atoms with van der Waals surface area (Å²) in [6.45, 7) is 0.515. The molecule has 0 spiro atoms. The second-order valence-electron chi connectivity index (χ2n) is 4.61. The van der Waals surface area contributed by atoms with Crippen LogP contribution in [0.4, 0.5) is 0 Å². The number of methoxy groups -OCH3 is 2. The van der Waals surface area contributed by atoms with Gasteiger partial charge in [-0.1, -0.05) is 0 Å². The van der Waals surface area contributed by atoms with Crippen LogP contribution >= 0.6 is 0 Å². The predicted molar refractivity (Wildman–Crippen MR) is 69.1 cm³/mol. The number of carboxylic acid groups (broad SMARTS) is 1. The Morgan fingerprint density at radius 2 is 2.21 bits per heavy atom. The molecule has 1 aromatic rings. The zero-order valence-electron chi connectivity index (χ0n) is 11.1. The molecule has 1 heterocycles. The van der Waals surface area contributed by atoms with Gasteiger partial charge in [-0.3, -0.25) is 4.79 Å². The Hall–Kier alpha value is -1.91. The fraction of sp³-hybridized carbons (Fsp3) is 0.500. The van der Waals surface area contributed by atoms with Crippen molar-refractivity contribution in [3.63, 3.8) is 0 Å². The number of carboxylic acids is 1. The topological polar surface area (TPSA) is 65.0 Å². The van der Waals surface area contributed by atoms with Gasteiger partial charge in [0.2, 0.25) is 0 Å². The van der Waals surface area contributed by atoms with Gasteiger partial charge in [0.25, 0.3) is 0 Å². The molecule has 1 aromatic carbocycles. The van der Waals surface area contributed by atoms with E-state index < -0.39 is 5.97 Å². The third-order valence-electron chi connectivity index (χ3n) is 3.34. The Bertz CT molecular complexity index is 469. The molecule has 1 atom stereocenters. The van der Waals surface area contributed by atoms with E-state index in [1.165, 1.54) is 0 Å². The molecule has 5 nitrogen and oxygen atoms in total. The Balaban J connectivity index is 2.32. The smallest absolute Gasteiger partial charge is 0.303 e. The summed E-state index contributed by atoms with van der Waals surface area (Å²) in [5.41, 5.74) is 0.923. The van der Waals surface area contributed by atoms with Gasteiger partial charge in [-0.15, -0.1) is 0 Å². The molecule has 2 rings (SSSR count). The Morgan fingerprint density at radius 1 is 1.42 bits per heavy atom. The number of hydrogen-bond donors (Lipinski definition) is 1. The molecule has 19 heavy (non-hydrogen) atoms. The molecule has 0 bridgehead atoms. The van der Waals surface area contributed by atoms with Crippen LogP contribution in [0, 0.1) is 5.92 Å². The molecule has 1 unspecified atom stereocenters. The van der Waals surface area contributed by atoms with E-state index in [-0.39, 0.29) is 12.3 Å². The Kier molecular flexibility index (Phi) is 4.14. The van der Waals surface area contributed by atoms with Gasteiger partial charge in [0.15, 0.2) is 0 Å². The third-order valence-corrected chi connectivity index (χ3v) is 3.34. The van der Waals surface area contributed by atoms with Crippen molar-refractivity contribution in [1.29, 1.82) is 0 Å². The molecule has 0 fully saturated rings. The maximum absolute atomic E-state index is 10.9. The average Bonchev–Trinajstić information content (AvgIpc) is 2.58. The van der Waals surface area contributed by atoms with Crippen molar-refractivity contribution in [2.24, 2.45) is 5.92 Å². The minimum absolute atomic E-state index is 0.0704. The second-order valence-corrected chi connectivity index (χ2v) is 4.61. The molecular formula is C14H18O5. The summed E-state index contributed by atoms with van der Waals surface area (Å²) in [6.07, 6.45) is 1.53. The molecule has 0 radical (unpaired) electrons. The highest BCUT2D eigenvalue weighted by atomic mass is 16.5. The maximum Gasteiger partial charge on any atom is 0.303 e. The normalized spacial score (nSPS) is 17.9. The van der Waals surface area contributed by atoms with Crippen LogP contribution in [0.15, 0.2) is 12.1 Å². The molecule has 1 aliphatic heterocycles. The van der Waals surface area contributed by atoms with Gasteiger partial charge in [-0.2, -0.15) is 0 Å². The van der Waals surface area contributed by atoms with Gasteiger partial charge < -0.3 is 19.3 Å². The summed E-state index contributed by atoms with van der Waals surface area (Å²) >= 11 is 0. The summed E-state index contributed by atoms with van der Waals surface area (Å²) < 4.78 is 16.2. The fourth-order valence-electron chi connectivity index (χ4n) is 2.37. The van der Waals surface area contributed by atoms with Crippen LogP contribution in [-0.2, 0) is 11.2 Å². The van der Waals surface area contributed by atoms with E-state index in [0.29, 0.717) is 24.5 Å². The van der Waals surface area contributed by atoms with Gasteiger partial charge in [0.05, 0.1) is 20.8 Å². The first-order valence-electron chi connectivity index (χ1n) is 6.23. The Labute approximate surface area is 112 Å². The lowest BCUT2D eigenvalue weighted by Gasteiger charge is -2.15. The largest absolute Gasteiger partial charge is 0.496 e. The summed E-state index contributed by atoms with van der Waals surface area (Å²) in [7, 11) is 3.18. The first-order valence-corrected chi connectivity index (χ1v) is 6.23. The molecule has 0 amide bonds. The molecule has 0 aromatic heterocycles. The number of hydrogen-bond acceptors (Lipinski definition) is 4. The lowest BCUT2D eigenvalue weighted by atomic mass is 9.93. The zero-order chi connectivity index (χ0) is 13.8. The lowest BCUT2D eigenvalue weighted by Crippen LogP contribution is -2.11. The first kappa shape index (κ1) is 13.5. The number of fused-ring (bicyclic) bond motifs is 1. The summed E-state index contributed by atoms with van der Waals surface area (Å²) in [4.78, 5) is 10.9. The molecule has 0 saturated heterocycles. The SMILES string of the molecule is COc1cc(OC)c2c(c1)OCCC(CC(=O)O)C2. The van der Waals surface area contributed by atoms with Gasteiger partial charge in [0.1, 0.15) is 17.2 Å². The van der Waals surface area contributed by atoms with Crippen molar-refractivity contribution >= 4 is 5.97 Å². The Morgan fingerprint density at radius 3 is 2.84 bits per heavy atom. The molecule has 1 aliphatic rings. The van der Waals surface area contributed by atoms with Crippen LogP contribution in [0.5, 0.6) is 17.2 Å². The van der Waals surface area contributed by atoms with Gasteiger partial charge in [-0.25, -0.2) is 0 Å².